The van der Waals surface area contributed by atoms with Gasteiger partial charge in [0, 0.05) is 24.3 Å². The molecule has 20 heavy (non-hydrogen) atoms. The van der Waals surface area contributed by atoms with Gasteiger partial charge in [-0.25, -0.2) is 0 Å². The molecule has 0 aromatic heterocycles. The molecule has 1 saturated heterocycles. The fourth-order valence-electron chi connectivity index (χ4n) is 3.15. The van der Waals surface area contributed by atoms with Crippen molar-refractivity contribution in [3.8, 4) is 0 Å². The Labute approximate surface area is 127 Å². The molecule has 1 aromatic carbocycles. The molecule has 2 rings (SSSR count). The van der Waals surface area contributed by atoms with Crippen molar-refractivity contribution in [3.05, 3.63) is 29.8 Å². The van der Waals surface area contributed by atoms with Gasteiger partial charge in [-0.05, 0) is 42.9 Å². The lowest BCUT2D eigenvalue weighted by molar-refractivity contribution is 0.0530. The van der Waals surface area contributed by atoms with Crippen LogP contribution in [-0.4, -0.2) is 23.9 Å². The van der Waals surface area contributed by atoms with Crippen LogP contribution in [-0.2, 0) is 0 Å². The van der Waals surface area contributed by atoms with E-state index in [-0.39, 0.29) is 23.7 Å². The lowest BCUT2D eigenvalue weighted by atomic mass is 9.78. The summed E-state index contributed by atoms with van der Waals surface area (Å²) in [6.07, 6.45) is 4.69. The van der Waals surface area contributed by atoms with Crippen molar-refractivity contribution in [2.75, 3.05) is 18.8 Å². The largest absolute Gasteiger partial charge is 0.399 e. The number of halogens is 1. The van der Waals surface area contributed by atoms with E-state index in [9.17, 15) is 4.79 Å². The topological polar surface area (TPSA) is 46.3 Å². The van der Waals surface area contributed by atoms with E-state index in [1.807, 2.05) is 23.1 Å². The van der Waals surface area contributed by atoms with Crippen LogP contribution < -0.4 is 5.73 Å². The summed E-state index contributed by atoms with van der Waals surface area (Å²) in [5.74, 6) is 0.120. The van der Waals surface area contributed by atoms with Crippen LogP contribution in [0.4, 0.5) is 5.69 Å². The fourth-order valence-corrected chi connectivity index (χ4v) is 3.15. The number of piperidine rings is 1. The smallest absolute Gasteiger partial charge is 0.253 e. The number of likely N-dealkylation sites (tertiary alicyclic amines) is 1. The molecule has 1 unspecified atom stereocenters. The van der Waals surface area contributed by atoms with Gasteiger partial charge >= 0.3 is 0 Å². The average molecular weight is 297 g/mol. The number of anilines is 1. The van der Waals surface area contributed by atoms with Crippen LogP contribution in [0.5, 0.6) is 0 Å². The van der Waals surface area contributed by atoms with E-state index in [0.717, 1.165) is 19.5 Å². The number of nitrogens with zero attached hydrogens (tertiary/aromatic N) is 1. The molecule has 1 aromatic rings. The van der Waals surface area contributed by atoms with Gasteiger partial charge in [0.25, 0.3) is 5.91 Å². The molecular weight excluding hydrogens is 272 g/mol. The van der Waals surface area contributed by atoms with Crippen molar-refractivity contribution in [2.24, 2.45) is 5.41 Å². The molecule has 0 spiro atoms. The molecule has 1 aliphatic rings. The Kier molecular flexibility index (Phi) is 5.88. The fraction of sp³-hybridized carbons (Fsp3) is 0.562. The summed E-state index contributed by atoms with van der Waals surface area (Å²) >= 11 is 0. The van der Waals surface area contributed by atoms with Crippen LogP contribution in [0.1, 0.15) is 49.9 Å². The summed E-state index contributed by atoms with van der Waals surface area (Å²) in [7, 11) is 0. The van der Waals surface area contributed by atoms with E-state index < -0.39 is 0 Å². The summed E-state index contributed by atoms with van der Waals surface area (Å²) in [6.45, 7) is 6.25. The Morgan fingerprint density at radius 2 is 2.20 bits per heavy atom. The number of nitrogens with two attached hydrogens (primary N) is 1. The third kappa shape index (κ3) is 3.89. The molecular formula is C16H25ClN2O. The molecule has 112 valence electrons. The quantitative estimate of drug-likeness (QED) is 0.864. The van der Waals surface area contributed by atoms with Gasteiger partial charge in [0.1, 0.15) is 0 Å². The van der Waals surface area contributed by atoms with Gasteiger partial charge < -0.3 is 10.6 Å². The van der Waals surface area contributed by atoms with E-state index in [1.165, 1.54) is 19.3 Å². The first-order valence-electron chi connectivity index (χ1n) is 7.19. The first kappa shape index (κ1) is 16.8. The van der Waals surface area contributed by atoms with Crippen LogP contribution in [0, 0.1) is 5.41 Å². The maximum absolute atomic E-state index is 12.5. The third-order valence-corrected chi connectivity index (χ3v) is 4.06. The molecule has 0 bridgehead atoms. The minimum atomic E-state index is 0. The molecule has 0 aliphatic carbocycles. The molecule has 2 N–H and O–H groups in total. The van der Waals surface area contributed by atoms with E-state index in [2.05, 4.69) is 13.8 Å². The zero-order chi connectivity index (χ0) is 13.9. The molecule has 1 fully saturated rings. The van der Waals surface area contributed by atoms with E-state index in [4.69, 9.17) is 5.73 Å². The Balaban J connectivity index is 0.00000200. The second-order valence-corrected chi connectivity index (χ2v) is 6.02. The van der Waals surface area contributed by atoms with E-state index in [0.29, 0.717) is 11.3 Å². The molecule has 1 aliphatic heterocycles. The second-order valence-electron chi connectivity index (χ2n) is 6.02. The summed E-state index contributed by atoms with van der Waals surface area (Å²) < 4.78 is 0. The average Bonchev–Trinajstić information content (AvgIpc) is 2.38. The lowest BCUT2D eigenvalue weighted by Crippen LogP contribution is -2.44. The highest BCUT2D eigenvalue weighted by molar-refractivity contribution is 5.95. The Bertz CT molecular complexity index is 460. The molecule has 1 heterocycles. The highest BCUT2D eigenvalue weighted by Crippen LogP contribution is 2.34. The van der Waals surface area contributed by atoms with Crippen molar-refractivity contribution in [3.63, 3.8) is 0 Å². The Morgan fingerprint density at radius 3 is 2.85 bits per heavy atom. The number of benzene rings is 1. The van der Waals surface area contributed by atoms with E-state index in [1.54, 1.807) is 6.07 Å². The van der Waals surface area contributed by atoms with Gasteiger partial charge in [-0.1, -0.05) is 26.3 Å². The molecule has 4 heteroatoms. The summed E-state index contributed by atoms with van der Waals surface area (Å²) in [5.41, 5.74) is 7.40. The van der Waals surface area contributed by atoms with Crippen LogP contribution in [0.15, 0.2) is 24.3 Å². The second kappa shape index (κ2) is 6.98. The zero-order valence-electron chi connectivity index (χ0n) is 12.4. The van der Waals surface area contributed by atoms with Crippen LogP contribution in [0.3, 0.4) is 0 Å². The van der Waals surface area contributed by atoms with Crippen LogP contribution in [0.25, 0.3) is 0 Å². The van der Waals surface area contributed by atoms with Crippen LogP contribution >= 0.6 is 12.4 Å². The van der Waals surface area contributed by atoms with Crippen LogP contribution in [0.2, 0.25) is 0 Å². The normalized spacial score (nSPS) is 22.2. The van der Waals surface area contributed by atoms with Gasteiger partial charge in [0.2, 0.25) is 0 Å². The van der Waals surface area contributed by atoms with Crippen molar-refractivity contribution in [1.82, 2.24) is 4.90 Å². The number of hydrogen-bond donors (Lipinski definition) is 1. The van der Waals surface area contributed by atoms with Gasteiger partial charge in [0.05, 0.1) is 0 Å². The molecule has 0 radical (unpaired) electrons. The van der Waals surface area contributed by atoms with Crippen molar-refractivity contribution in [2.45, 2.75) is 39.5 Å². The maximum atomic E-state index is 12.5. The van der Waals surface area contributed by atoms with Crippen molar-refractivity contribution in [1.29, 1.82) is 0 Å². The van der Waals surface area contributed by atoms with Gasteiger partial charge in [-0.3, -0.25) is 4.79 Å². The number of amides is 1. The third-order valence-electron chi connectivity index (χ3n) is 4.06. The highest BCUT2D eigenvalue weighted by atomic mass is 35.5. The number of hydrogen-bond acceptors (Lipinski definition) is 2. The Morgan fingerprint density at radius 1 is 1.45 bits per heavy atom. The zero-order valence-corrected chi connectivity index (χ0v) is 13.2. The molecule has 1 amide bonds. The molecule has 3 nitrogen and oxygen atoms in total. The maximum Gasteiger partial charge on any atom is 0.253 e. The predicted octanol–water partition coefficient (Wildman–Crippen LogP) is 3.73. The van der Waals surface area contributed by atoms with Crippen molar-refractivity contribution >= 4 is 24.0 Å². The highest BCUT2D eigenvalue weighted by Gasteiger charge is 2.32. The molecule has 0 saturated carbocycles. The van der Waals surface area contributed by atoms with Gasteiger partial charge in [0.15, 0.2) is 0 Å². The Hall–Kier alpha value is -1.22. The monoisotopic (exact) mass is 296 g/mol. The SMILES string of the molecule is CCCC1(C)CCCN(C(=O)c2cccc(N)c2)C1.Cl. The van der Waals surface area contributed by atoms with E-state index >= 15 is 0 Å². The first-order valence-corrected chi connectivity index (χ1v) is 7.19. The van der Waals surface area contributed by atoms with Gasteiger partial charge in [-0.2, -0.15) is 0 Å². The summed E-state index contributed by atoms with van der Waals surface area (Å²) in [5, 5.41) is 0. The molecule has 1 atom stereocenters. The number of rotatable bonds is 3. The summed E-state index contributed by atoms with van der Waals surface area (Å²) in [4.78, 5) is 14.5. The minimum Gasteiger partial charge on any atom is -0.399 e. The van der Waals surface area contributed by atoms with Gasteiger partial charge in [-0.15, -0.1) is 12.4 Å². The lowest BCUT2D eigenvalue weighted by Gasteiger charge is -2.40. The minimum absolute atomic E-state index is 0. The number of nitrogen functional groups attached to an aromatic ring is 1. The van der Waals surface area contributed by atoms with Crippen molar-refractivity contribution < 1.29 is 4.79 Å². The predicted molar refractivity (Wildman–Crippen MR) is 86.3 cm³/mol. The standard InChI is InChI=1S/C16H24N2O.ClH/c1-3-8-16(2)9-5-10-18(12-16)15(19)13-6-4-7-14(17)11-13;/h4,6-7,11H,3,5,8-10,12,17H2,1-2H3;1H. The number of carbonyl (C=O) groups excluding carboxylic acids is 1. The first-order chi connectivity index (χ1) is 9.04. The number of carbonyl (C=O) groups is 1. The summed E-state index contributed by atoms with van der Waals surface area (Å²) in [6, 6.07) is 7.28.